The Balaban J connectivity index is 2.52. The Kier molecular flexibility index (Phi) is 2.14. The van der Waals surface area contributed by atoms with Crippen molar-refractivity contribution in [1.82, 2.24) is 0 Å². The fraction of sp³-hybridized carbons (Fsp3) is 0.500. The topological polar surface area (TPSA) is 21.3 Å². The molecule has 1 aliphatic heterocycles. The Morgan fingerprint density at radius 2 is 2.29 bits per heavy atom. The third-order valence-electron chi connectivity index (χ3n) is 3.33. The number of rotatable bonds is 2. The average molecular weight is 191 g/mol. The SMILES string of the molecule is CCC1(C)CNc2c(OC)cccc21. The number of methoxy groups -OCH3 is 1. The van der Waals surface area contributed by atoms with Crippen molar-refractivity contribution >= 4 is 5.69 Å². The van der Waals surface area contributed by atoms with Crippen LogP contribution in [0.2, 0.25) is 0 Å². The maximum atomic E-state index is 5.33. The molecule has 0 fully saturated rings. The van der Waals surface area contributed by atoms with E-state index >= 15 is 0 Å². The minimum absolute atomic E-state index is 0.268. The second kappa shape index (κ2) is 3.19. The van der Waals surface area contributed by atoms with Gasteiger partial charge in [0.15, 0.2) is 0 Å². The van der Waals surface area contributed by atoms with Crippen molar-refractivity contribution in [2.24, 2.45) is 0 Å². The van der Waals surface area contributed by atoms with Crippen molar-refractivity contribution in [2.45, 2.75) is 25.7 Å². The standard InChI is InChI=1S/C12H17NO/c1-4-12(2)8-13-11-9(12)6-5-7-10(11)14-3/h5-7,13H,4,8H2,1-3H3. The molecular weight excluding hydrogens is 174 g/mol. The lowest BCUT2D eigenvalue weighted by molar-refractivity contribution is 0.416. The number of nitrogens with one attached hydrogen (secondary N) is 1. The summed E-state index contributed by atoms with van der Waals surface area (Å²) in [7, 11) is 1.72. The van der Waals surface area contributed by atoms with Crippen LogP contribution in [0.3, 0.4) is 0 Å². The van der Waals surface area contributed by atoms with Gasteiger partial charge in [0.2, 0.25) is 0 Å². The van der Waals surface area contributed by atoms with E-state index in [1.54, 1.807) is 7.11 Å². The Bertz CT molecular complexity index is 348. The van der Waals surface area contributed by atoms with Gasteiger partial charge in [0.05, 0.1) is 12.8 Å². The highest BCUT2D eigenvalue weighted by atomic mass is 16.5. The first-order valence-electron chi connectivity index (χ1n) is 5.12. The summed E-state index contributed by atoms with van der Waals surface area (Å²) in [5.41, 5.74) is 2.84. The molecule has 0 spiro atoms. The van der Waals surface area contributed by atoms with E-state index in [9.17, 15) is 0 Å². The lowest BCUT2D eigenvalue weighted by Gasteiger charge is -2.21. The van der Waals surface area contributed by atoms with Crippen LogP contribution in [-0.4, -0.2) is 13.7 Å². The minimum Gasteiger partial charge on any atom is -0.495 e. The number of hydrogen-bond donors (Lipinski definition) is 1. The van der Waals surface area contributed by atoms with Gasteiger partial charge in [-0.25, -0.2) is 0 Å². The molecule has 2 nitrogen and oxygen atoms in total. The van der Waals surface area contributed by atoms with Crippen LogP contribution in [0.25, 0.3) is 0 Å². The van der Waals surface area contributed by atoms with Crippen LogP contribution in [0.5, 0.6) is 5.75 Å². The van der Waals surface area contributed by atoms with Crippen LogP contribution in [0.1, 0.15) is 25.8 Å². The molecular formula is C12H17NO. The van der Waals surface area contributed by atoms with E-state index < -0.39 is 0 Å². The number of ether oxygens (including phenoxy) is 1. The van der Waals surface area contributed by atoms with Gasteiger partial charge in [0.25, 0.3) is 0 Å². The molecule has 0 bridgehead atoms. The normalized spacial score (nSPS) is 24.2. The van der Waals surface area contributed by atoms with Crippen LogP contribution in [0, 0.1) is 0 Å². The van der Waals surface area contributed by atoms with Crippen LogP contribution in [0.15, 0.2) is 18.2 Å². The predicted molar refractivity (Wildman–Crippen MR) is 59.1 cm³/mol. The number of hydrogen-bond acceptors (Lipinski definition) is 2. The molecule has 14 heavy (non-hydrogen) atoms. The molecule has 0 radical (unpaired) electrons. The minimum atomic E-state index is 0.268. The highest BCUT2D eigenvalue weighted by molar-refractivity contribution is 5.68. The van der Waals surface area contributed by atoms with E-state index in [1.165, 1.54) is 11.3 Å². The summed E-state index contributed by atoms with van der Waals surface area (Å²) < 4.78 is 5.33. The predicted octanol–water partition coefficient (Wildman–Crippen LogP) is 2.79. The van der Waals surface area contributed by atoms with Gasteiger partial charge < -0.3 is 10.1 Å². The first kappa shape index (κ1) is 9.38. The van der Waals surface area contributed by atoms with E-state index in [-0.39, 0.29) is 5.41 Å². The number of para-hydroxylation sites is 1. The van der Waals surface area contributed by atoms with Crippen LogP contribution < -0.4 is 10.1 Å². The van der Waals surface area contributed by atoms with Crippen LogP contribution in [0.4, 0.5) is 5.69 Å². The maximum absolute atomic E-state index is 5.33. The summed E-state index contributed by atoms with van der Waals surface area (Å²) >= 11 is 0. The molecule has 0 saturated heterocycles. The molecule has 1 unspecified atom stereocenters. The second-order valence-corrected chi connectivity index (χ2v) is 4.15. The lowest BCUT2D eigenvalue weighted by atomic mass is 9.82. The molecule has 1 aromatic carbocycles. The van der Waals surface area contributed by atoms with Crippen molar-refractivity contribution in [1.29, 1.82) is 0 Å². The quantitative estimate of drug-likeness (QED) is 0.776. The molecule has 2 rings (SSSR count). The summed E-state index contributed by atoms with van der Waals surface area (Å²) in [5.74, 6) is 0.958. The van der Waals surface area contributed by atoms with Gasteiger partial charge in [-0.2, -0.15) is 0 Å². The summed E-state index contributed by atoms with van der Waals surface area (Å²) in [4.78, 5) is 0. The molecule has 0 aromatic heterocycles. The molecule has 0 amide bonds. The second-order valence-electron chi connectivity index (χ2n) is 4.15. The van der Waals surface area contributed by atoms with Gasteiger partial charge in [0, 0.05) is 12.0 Å². The van der Waals surface area contributed by atoms with E-state index in [0.717, 1.165) is 18.7 Å². The molecule has 1 aromatic rings. The van der Waals surface area contributed by atoms with Crippen LogP contribution >= 0.6 is 0 Å². The molecule has 0 aliphatic carbocycles. The Labute approximate surface area is 85.3 Å². The number of fused-ring (bicyclic) bond motifs is 1. The Morgan fingerprint density at radius 1 is 1.50 bits per heavy atom. The first-order chi connectivity index (χ1) is 6.71. The largest absolute Gasteiger partial charge is 0.495 e. The fourth-order valence-electron chi connectivity index (χ4n) is 2.08. The number of benzene rings is 1. The lowest BCUT2D eigenvalue weighted by Crippen LogP contribution is -2.22. The molecule has 2 heteroatoms. The zero-order valence-corrected chi connectivity index (χ0v) is 9.05. The van der Waals surface area contributed by atoms with Gasteiger partial charge >= 0.3 is 0 Å². The highest BCUT2D eigenvalue weighted by Crippen LogP contribution is 2.43. The van der Waals surface area contributed by atoms with E-state index in [2.05, 4.69) is 31.3 Å². The summed E-state index contributed by atoms with van der Waals surface area (Å²) in [6.07, 6.45) is 1.15. The van der Waals surface area contributed by atoms with E-state index in [4.69, 9.17) is 4.74 Å². The van der Waals surface area contributed by atoms with Crippen LogP contribution in [-0.2, 0) is 5.41 Å². The maximum Gasteiger partial charge on any atom is 0.142 e. The van der Waals surface area contributed by atoms with Gasteiger partial charge in [-0.05, 0) is 18.1 Å². The zero-order chi connectivity index (χ0) is 10.2. The van der Waals surface area contributed by atoms with Gasteiger partial charge in [0.1, 0.15) is 5.75 Å². The van der Waals surface area contributed by atoms with Gasteiger partial charge in [-0.1, -0.05) is 26.0 Å². The third kappa shape index (κ3) is 1.17. The first-order valence-corrected chi connectivity index (χ1v) is 5.12. The molecule has 1 atom stereocenters. The fourth-order valence-corrected chi connectivity index (χ4v) is 2.08. The van der Waals surface area contributed by atoms with Gasteiger partial charge in [-0.15, -0.1) is 0 Å². The average Bonchev–Trinajstić information content (AvgIpc) is 2.58. The van der Waals surface area contributed by atoms with Crippen molar-refractivity contribution < 1.29 is 4.74 Å². The molecule has 1 N–H and O–H groups in total. The molecule has 1 aliphatic rings. The van der Waals surface area contributed by atoms with Crippen molar-refractivity contribution in [2.75, 3.05) is 19.0 Å². The highest BCUT2D eigenvalue weighted by Gasteiger charge is 2.33. The summed E-state index contributed by atoms with van der Waals surface area (Å²) in [6, 6.07) is 6.27. The monoisotopic (exact) mass is 191 g/mol. The molecule has 0 saturated carbocycles. The summed E-state index contributed by atoms with van der Waals surface area (Å²) in [5, 5.41) is 3.44. The van der Waals surface area contributed by atoms with Crippen molar-refractivity contribution in [3.05, 3.63) is 23.8 Å². The van der Waals surface area contributed by atoms with Crippen molar-refractivity contribution in [3.8, 4) is 5.75 Å². The summed E-state index contributed by atoms with van der Waals surface area (Å²) in [6.45, 7) is 5.54. The van der Waals surface area contributed by atoms with Crippen molar-refractivity contribution in [3.63, 3.8) is 0 Å². The molecule has 1 heterocycles. The van der Waals surface area contributed by atoms with E-state index in [0.29, 0.717) is 0 Å². The molecule has 76 valence electrons. The Hall–Kier alpha value is -1.18. The van der Waals surface area contributed by atoms with Gasteiger partial charge in [-0.3, -0.25) is 0 Å². The third-order valence-corrected chi connectivity index (χ3v) is 3.33. The van der Waals surface area contributed by atoms with E-state index in [1.807, 2.05) is 6.07 Å². The Morgan fingerprint density at radius 3 is 2.93 bits per heavy atom. The zero-order valence-electron chi connectivity index (χ0n) is 9.05. The number of anilines is 1. The smallest absolute Gasteiger partial charge is 0.142 e.